The Labute approximate surface area is 244 Å². The third kappa shape index (κ3) is 11.9. The van der Waals surface area contributed by atoms with Gasteiger partial charge in [0.15, 0.2) is 6.61 Å². The number of ether oxygens (including phenoxy) is 2. The molecule has 1 aromatic carbocycles. The van der Waals surface area contributed by atoms with Gasteiger partial charge in [-0.05, 0) is 43.4 Å². The van der Waals surface area contributed by atoms with Crippen LogP contribution in [0, 0.1) is 0 Å². The Balaban J connectivity index is 1.14. The van der Waals surface area contributed by atoms with Gasteiger partial charge in [0.05, 0.1) is 19.2 Å². The fraction of sp³-hybridized carbons (Fsp3) is 0.607. The fourth-order valence-corrected chi connectivity index (χ4v) is 6.20. The van der Waals surface area contributed by atoms with Crippen LogP contribution in [0.25, 0.3) is 0 Å². The Hall–Kier alpha value is -3.48. The number of carbonyl (C=O) groups excluding carboxylic acids is 5. The summed E-state index contributed by atoms with van der Waals surface area (Å²) in [5.41, 5.74) is 0.839. The van der Waals surface area contributed by atoms with Gasteiger partial charge in [-0.2, -0.15) is 11.8 Å². The summed E-state index contributed by atoms with van der Waals surface area (Å²) in [7, 11) is 1.29. The van der Waals surface area contributed by atoms with Crippen LogP contribution in [0.5, 0.6) is 5.75 Å². The molecular formula is C28H41N5O7S. The van der Waals surface area contributed by atoms with Gasteiger partial charge in [-0.25, -0.2) is 9.59 Å². The van der Waals surface area contributed by atoms with Crippen molar-refractivity contribution in [2.75, 3.05) is 32.6 Å². The number of amides is 5. The van der Waals surface area contributed by atoms with Crippen LogP contribution >= 0.6 is 11.8 Å². The molecule has 0 spiro atoms. The Kier molecular flexibility index (Phi) is 13.6. The molecular weight excluding hydrogens is 550 g/mol. The number of nitrogens with one attached hydrogen (secondary N) is 5. The van der Waals surface area contributed by atoms with E-state index in [4.69, 9.17) is 4.74 Å². The molecule has 13 heteroatoms. The van der Waals surface area contributed by atoms with E-state index in [1.54, 1.807) is 18.2 Å². The quantitative estimate of drug-likeness (QED) is 0.0971. The molecule has 2 heterocycles. The zero-order valence-electron chi connectivity index (χ0n) is 23.5. The summed E-state index contributed by atoms with van der Waals surface area (Å²) < 4.78 is 9.89. The highest BCUT2D eigenvalue weighted by molar-refractivity contribution is 8.00. The largest absolute Gasteiger partial charge is 0.482 e. The maximum absolute atomic E-state index is 12.1. The number of rotatable bonds is 18. The molecule has 1 aromatic rings. The highest BCUT2D eigenvalue weighted by Gasteiger charge is 2.42. The van der Waals surface area contributed by atoms with Gasteiger partial charge >= 0.3 is 12.0 Å². The van der Waals surface area contributed by atoms with E-state index in [0.29, 0.717) is 62.7 Å². The number of methoxy groups -OCH3 is 1. The molecule has 0 bridgehead atoms. The molecule has 3 rings (SSSR count). The van der Waals surface area contributed by atoms with Crippen LogP contribution in [-0.4, -0.2) is 79.6 Å². The van der Waals surface area contributed by atoms with Crippen molar-refractivity contribution in [3.05, 3.63) is 29.8 Å². The summed E-state index contributed by atoms with van der Waals surface area (Å²) in [4.78, 5) is 58.8. The van der Waals surface area contributed by atoms with Gasteiger partial charge in [0.1, 0.15) is 5.75 Å². The second kappa shape index (κ2) is 17.4. The van der Waals surface area contributed by atoms with E-state index in [-0.39, 0.29) is 42.4 Å². The van der Waals surface area contributed by atoms with E-state index < -0.39 is 5.97 Å². The van der Waals surface area contributed by atoms with E-state index in [9.17, 15) is 24.0 Å². The van der Waals surface area contributed by atoms with Gasteiger partial charge < -0.3 is 36.1 Å². The first-order chi connectivity index (χ1) is 19.8. The first-order valence-electron chi connectivity index (χ1n) is 14.1. The second-order valence-corrected chi connectivity index (χ2v) is 11.3. The maximum atomic E-state index is 12.1. The summed E-state index contributed by atoms with van der Waals surface area (Å²) in [6, 6.07) is 7.42. The minimum Gasteiger partial charge on any atom is -0.482 e. The number of hydrogen-bond acceptors (Lipinski definition) is 8. The predicted molar refractivity (Wildman–Crippen MR) is 154 cm³/mol. The summed E-state index contributed by atoms with van der Waals surface area (Å²) >= 11 is 1.87. The molecule has 0 radical (unpaired) electrons. The zero-order valence-corrected chi connectivity index (χ0v) is 24.3. The summed E-state index contributed by atoms with van der Waals surface area (Å²) in [6.45, 7) is 0.889. The van der Waals surface area contributed by atoms with Crippen LogP contribution in [0.1, 0.15) is 56.9 Å². The molecule has 0 aromatic heterocycles. The molecule has 3 atom stereocenters. The van der Waals surface area contributed by atoms with Crippen LogP contribution in [0.3, 0.4) is 0 Å². The van der Waals surface area contributed by atoms with Gasteiger partial charge in [-0.15, -0.1) is 0 Å². The topological polar surface area (TPSA) is 164 Å². The van der Waals surface area contributed by atoms with Crippen molar-refractivity contribution in [1.29, 1.82) is 0 Å². The van der Waals surface area contributed by atoms with Crippen LogP contribution in [0.4, 0.5) is 4.79 Å². The molecule has 5 amide bonds. The van der Waals surface area contributed by atoms with E-state index in [1.165, 1.54) is 7.11 Å². The zero-order chi connectivity index (χ0) is 29.5. The van der Waals surface area contributed by atoms with Crippen LogP contribution in [0.15, 0.2) is 24.3 Å². The molecule has 12 nitrogen and oxygen atoms in total. The Morgan fingerprint density at radius 1 is 0.927 bits per heavy atom. The fourth-order valence-electron chi connectivity index (χ4n) is 4.66. The number of esters is 1. The van der Waals surface area contributed by atoms with Crippen molar-refractivity contribution in [3.63, 3.8) is 0 Å². The molecule has 2 fully saturated rings. The lowest BCUT2D eigenvalue weighted by atomic mass is 10.0. The molecule has 226 valence electrons. The Bertz CT molecular complexity index is 1060. The van der Waals surface area contributed by atoms with Crippen molar-refractivity contribution in [1.82, 2.24) is 26.6 Å². The molecule has 2 saturated heterocycles. The normalized spacial score (nSPS) is 19.0. The highest BCUT2D eigenvalue weighted by Crippen LogP contribution is 2.33. The van der Waals surface area contributed by atoms with E-state index >= 15 is 0 Å². The highest BCUT2D eigenvalue weighted by atomic mass is 32.2. The van der Waals surface area contributed by atoms with Gasteiger partial charge in [-0.1, -0.05) is 18.6 Å². The smallest absolute Gasteiger partial charge is 0.343 e. The average molecular weight is 592 g/mol. The lowest BCUT2D eigenvalue weighted by Crippen LogP contribution is -2.36. The molecule has 2 aliphatic heterocycles. The molecule has 0 aliphatic carbocycles. The molecule has 5 N–H and O–H groups in total. The van der Waals surface area contributed by atoms with Crippen molar-refractivity contribution in [2.45, 2.75) is 75.2 Å². The van der Waals surface area contributed by atoms with Gasteiger partial charge in [-0.3, -0.25) is 14.4 Å². The number of thioether (sulfide) groups is 1. The first-order valence-corrected chi connectivity index (χ1v) is 15.2. The molecule has 2 aliphatic rings. The van der Waals surface area contributed by atoms with Crippen molar-refractivity contribution >= 4 is 41.5 Å². The number of carbonyl (C=O) groups is 5. The lowest BCUT2D eigenvalue weighted by molar-refractivity contribution is -0.143. The lowest BCUT2D eigenvalue weighted by Gasteiger charge is -2.16. The number of hydrogen-bond donors (Lipinski definition) is 5. The number of unbranched alkanes of at least 4 members (excludes halogenated alkanes) is 2. The molecule has 0 saturated carbocycles. The minimum atomic E-state index is -0.473. The van der Waals surface area contributed by atoms with Gasteiger partial charge in [0.2, 0.25) is 17.7 Å². The number of benzene rings is 1. The third-order valence-electron chi connectivity index (χ3n) is 6.88. The van der Waals surface area contributed by atoms with E-state index in [0.717, 1.165) is 30.6 Å². The standard InChI is InChI=1S/C28H41N5O7S/c1-39-26(37)17-40-20-8-6-7-19(15-20)16-31-25(36)12-5-4-11-24(35)30-14-13-29-23(34)10-3-2-9-22-27-21(18-41-22)32-28(38)33-27/h6-8,15,21-22,27H,2-5,9-14,16-18H2,1H3,(H,29,34)(H,30,35)(H,31,36)(H2,32,33,38)/t21-,22-,27-/m0/s1. The van der Waals surface area contributed by atoms with Crippen molar-refractivity contribution < 1.29 is 33.4 Å². The minimum absolute atomic E-state index is 0.0292. The molecule has 0 unspecified atom stereocenters. The monoisotopic (exact) mass is 591 g/mol. The summed E-state index contributed by atoms with van der Waals surface area (Å²) in [5.74, 6) is 0.731. The second-order valence-electron chi connectivity index (χ2n) is 10.1. The Morgan fingerprint density at radius 2 is 1.59 bits per heavy atom. The van der Waals surface area contributed by atoms with Crippen LogP contribution < -0.4 is 31.3 Å². The van der Waals surface area contributed by atoms with Crippen LogP contribution in [0.2, 0.25) is 0 Å². The van der Waals surface area contributed by atoms with Gasteiger partial charge in [0.25, 0.3) is 0 Å². The van der Waals surface area contributed by atoms with E-state index in [1.807, 2.05) is 17.8 Å². The summed E-state index contributed by atoms with van der Waals surface area (Å²) in [5, 5.41) is 14.8. The third-order valence-corrected chi connectivity index (χ3v) is 8.39. The van der Waals surface area contributed by atoms with Crippen molar-refractivity contribution in [2.24, 2.45) is 0 Å². The van der Waals surface area contributed by atoms with E-state index in [2.05, 4.69) is 31.3 Å². The average Bonchev–Trinajstić information content (AvgIpc) is 3.52. The van der Waals surface area contributed by atoms with Crippen molar-refractivity contribution in [3.8, 4) is 5.75 Å². The Morgan fingerprint density at radius 3 is 2.27 bits per heavy atom. The SMILES string of the molecule is COC(=O)COc1cccc(CNC(=O)CCCCC(=O)NCCNC(=O)CCCC[C@@H]2SC[C@@H]3NC(=O)N[C@@H]32)c1. The predicted octanol–water partition coefficient (Wildman–Crippen LogP) is 1.37. The number of fused-ring (bicyclic) bond motifs is 1. The maximum Gasteiger partial charge on any atom is 0.343 e. The molecule has 41 heavy (non-hydrogen) atoms. The summed E-state index contributed by atoms with van der Waals surface area (Å²) in [6.07, 6.45) is 4.94. The van der Waals surface area contributed by atoms with Crippen LogP contribution in [-0.2, 0) is 30.5 Å². The number of urea groups is 1. The van der Waals surface area contributed by atoms with Gasteiger partial charge in [0, 0.05) is 49.9 Å². The first kappa shape index (κ1) is 32.0.